The Balaban J connectivity index is 1.22. The molecule has 2 fully saturated rings. The van der Waals surface area contributed by atoms with E-state index in [2.05, 4.69) is 15.6 Å². The van der Waals surface area contributed by atoms with Crippen LogP contribution in [0.15, 0.2) is 36.5 Å². The molecule has 1 aromatic heterocycles. The van der Waals surface area contributed by atoms with E-state index in [1.807, 2.05) is 30.3 Å². The van der Waals surface area contributed by atoms with E-state index in [0.717, 1.165) is 0 Å². The zero-order valence-electron chi connectivity index (χ0n) is 14.4. The van der Waals surface area contributed by atoms with Gasteiger partial charge in [0.2, 0.25) is 0 Å². The van der Waals surface area contributed by atoms with Gasteiger partial charge in [0.25, 0.3) is 11.8 Å². The average Bonchev–Trinajstić information content (AvgIpc) is 3.33. The molecule has 1 aliphatic carbocycles. The van der Waals surface area contributed by atoms with Crippen LogP contribution in [-0.4, -0.2) is 57.9 Å². The van der Waals surface area contributed by atoms with Gasteiger partial charge in [0.15, 0.2) is 12.3 Å². The number of carbonyl (C=O) groups is 2. The molecule has 0 spiro atoms. The molecule has 1 saturated carbocycles. The van der Waals surface area contributed by atoms with Crippen LogP contribution in [0.5, 0.6) is 5.75 Å². The summed E-state index contributed by atoms with van der Waals surface area (Å²) in [6.45, 7) is 1.81. The summed E-state index contributed by atoms with van der Waals surface area (Å²) in [5.41, 5.74) is 0.322. The molecule has 1 aliphatic heterocycles. The van der Waals surface area contributed by atoms with Gasteiger partial charge >= 0.3 is 0 Å². The number of hydrogen-bond donors (Lipinski definition) is 1. The molecule has 2 aromatic rings. The number of para-hydroxylation sites is 1. The average molecular weight is 355 g/mol. The Hall–Kier alpha value is -2.90. The maximum Gasteiger partial charge on any atom is 0.273 e. The third-order valence-electron chi connectivity index (χ3n) is 4.69. The van der Waals surface area contributed by atoms with E-state index < -0.39 is 0 Å². The molecule has 0 atom stereocenters. The topological polar surface area (TPSA) is 89.4 Å². The molecule has 2 amide bonds. The molecule has 0 unspecified atom stereocenters. The van der Waals surface area contributed by atoms with Gasteiger partial charge in [-0.3, -0.25) is 9.59 Å². The van der Waals surface area contributed by atoms with E-state index >= 15 is 0 Å². The molecule has 4 rings (SSSR count). The molecule has 8 nitrogen and oxygen atoms in total. The van der Waals surface area contributed by atoms with E-state index in [9.17, 15) is 9.59 Å². The number of nitrogens with zero attached hydrogens (tertiary/aromatic N) is 4. The van der Waals surface area contributed by atoms with Crippen molar-refractivity contribution in [3.05, 3.63) is 42.2 Å². The van der Waals surface area contributed by atoms with Crippen molar-refractivity contribution in [1.82, 2.24) is 25.2 Å². The summed E-state index contributed by atoms with van der Waals surface area (Å²) in [6.07, 6.45) is 4.02. The van der Waals surface area contributed by atoms with Crippen LogP contribution in [0.3, 0.4) is 0 Å². The maximum absolute atomic E-state index is 12.1. The third-order valence-corrected chi connectivity index (χ3v) is 4.69. The van der Waals surface area contributed by atoms with Crippen molar-refractivity contribution in [2.24, 2.45) is 5.92 Å². The second-order valence-corrected chi connectivity index (χ2v) is 6.79. The molecule has 1 aromatic carbocycles. The van der Waals surface area contributed by atoms with Crippen molar-refractivity contribution in [1.29, 1.82) is 0 Å². The predicted octanol–water partition coefficient (Wildman–Crippen LogP) is 0.880. The molecule has 0 bridgehead atoms. The summed E-state index contributed by atoms with van der Waals surface area (Å²) in [5.74, 6) is 1.05. The number of hydrogen-bond acceptors (Lipinski definition) is 5. The molecular formula is C18H21N5O3. The van der Waals surface area contributed by atoms with Gasteiger partial charge in [-0.05, 0) is 30.9 Å². The van der Waals surface area contributed by atoms with Crippen LogP contribution in [0.1, 0.15) is 29.4 Å². The molecular weight excluding hydrogens is 334 g/mol. The number of carbonyl (C=O) groups excluding carboxylic acids is 2. The van der Waals surface area contributed by atoms with Gasteiger partial charge in [-0.25, -0.2) is 4.68 Å². The minimum absolute atomic E-state index is 0.0168. The van der Waals surface area contributed by atoms with Crippen LogP contribution in [-0.2, 0) is 4.79 Å². The molecule has 2 heterocycles. The fourth-order valence-corrected chi connectivity index (χ4v) is 2.79. The first-order valence-corrected chi connectivity index (χ1v) is 8.84. The van der Waals surface area contributed by atoms with E-state index in [4.69, 9.17) is 4.74 Å². The minimum Gasteiger partial charge on any atom is -0.484 e. The zero-order chi connectivity index (χ0) is 17.9. The van der Waals surface area contributed by atoms with Crippen LogP contribution in [0.2, 0.25) is 0 Å². The van der Waals surface area contributed by atoms with Crippen molar-refractivity contribution in [3.8, 4) is 5.75 Å². The molecule has 0 radical (unpaired) electrons. The highest BCUT2D eigenvalue weighted by atomic mass is 16.5. The Morgan fingerprint density at radius 3 is 2.69 bits per heavy atom. The maximum atomic E-state index is 12.1. The predicted molar refractivity (Wildman–Crippen MR) is 92.6 cm³/mol. The number of ether oxygens (including phenoxy) is 1. The quantitative estimate of drug-likeness (QED) is 0.796. The van der Waals surface area contributed by atoms with Gasteiger partial charge in [-0.15, -0.1) is 5.10 Å². The van der Waals surface area contributed by atoms with Crippen molar-refractivity contribution < 1.29 is 14.3 Å². The fourth-order valence-electron chi connectivity index (χ4n) is 2.79. The monoisotopic (exact) mass is 355 g/mol. The Morgan fingerprint density at radius 1 is 1.19 bits per heavy atom. The number of amides is 2. The van der Waals surface area contributed by atoms with Crippen LogP contribution in [0, 0.1) is 5.92 Å². The molecule has 1 saturated heterocycles. The van der Waals surface area contributed by atoms with E-state index in [1.54, 1.807) is 15.8 Å². The lowest BCUT2D eigenvalue weighted by atomic mass is 10.1. The SMILES string of the molecule is O=C(NCC1CC1)c1cn(C2CN(C(=O)COc3ccccc3)C2)nn1. The van der Waals surface area contributed by atoms with Gasteiger partial charge in [0.1, 0.15) is 5.75 Å². The summed E-state index contributed by atoms with van der Waals surface area (Å²) < 4.78 is 7.13. The standard InChI is InChI=1S/C18H21N5O3/c24-17(12-26-15-4-2-1-3-5-15)22-9-14(10-22)23-11-16(20-21-23)18(25)19-8-13-6-7-13/h1-5,11,13-14H,6-10,12H2,(H,19,25). The van der Waals surface area contributed by atoms with Gasteiger partial charge < -0.3 is 15.0 Å². The summed E-state index contributed by atoms with van der Waals surface area (Å²) in [4.78, 5) is 25.8. The molecule has 26 heavy (non-hydrogen) atoms. The zero-order valence-corrected chi connectivity index (χ0v) is 14.4. The molecule has 8 heteroatoms. The molecule has 2 aliphatic rings. The Labute approximate surface area is 151 Å². The highest BCUT2D eigenvalue weighted by molar-refractivity contribution is 5.91. The van der Waals surface area contributed by atoms with Crippen molar-refractivity contribution in [2.45, 2.75) is 18.9 Å². The number of likely N-dealkylation sites (tertiary alicyclic amines) is 1. The lowest BCUT2D eigenvalue weighted by molar-refractivity contribution is -0.139. The van der Waals surface area contributed by atoms with Crippen molar-refractivity contribution >= 4 is 11.8 Å². The smallest absolute Gasteiger partial charge is 0.273 e. The number of benzene rings is 1. The number of aromatic nitrogens is 3. The number of nitrogens with one attached hydrogen (secondary N) is 1. The minimum atomic E-state index is -0.188. The van der Waals surface area contributed by atoms with E-state index in [0.29, 0.717) is 37.0 Å². The Kier molecular flexibility index (Phi) is 4.55. The van der Waals surface area contributed by atoms with Crippen LogP contribution in [0.4, 0.5) is 0 Å². The summed E-state index contributed by atoms with van der Waals surface area (Å²) in [5, 5.41) is 10.8. The first-order chi connectivity index (χ1) is 12.7. The van der Waals surface area contributed by atoms with Gasteiger partial charge in [0.05, 0.1) is 12.2 Å². The highest BCUT2D eigenvalue weighted by Gasteiger charge is 2.33. The van der Waals surface area contributed by atoms with Crippen LogP contribution < -0.4 is 10.1 Å². The lowest BCUT2D eigenvalue weighted by Gasteiger charge is -2.38. The van der Waals surface area contributed by atoms with Gasteiger partial charge in [-0.1, -0.05) is 23.4 Å². The van der Waals surface area contributed by atoms with Crippen molar-refractivity contribution in [2.75, 3.05) is 26.2 Å². The third kappa shape index (κ3) is 3.84. The molecule has 136 valence electrons. The first-order valence-electron chi connectivity index (χ1n) is 8.84. The lowest BCUT2D eigenvalue weighted by Crippen LogP contribution is -2.52. The van der Waals surface area contributed by atoms with Crippen molar-refractivity contribution in [3.63, 3.8) is 0 Å². The normalized spacial score (nSPS) is 16.8. The summed E-state index contributed by atoms with van der Waals surface area (Å²) in [7, 11) is 0. The highest BCUT2D eigenvalue weighted by Crippen LogP contribution is 2.27. The van der Waals surface area contributed by atoms with E-state index in [1.165, 1.54) is 12.8 Å². The fraction of sp³-hybridized carbons (Fsp3) is 0.444. The first kappa shape index (κ1) is 16.6. The largest absolute Gasteiger partial charge is 0.484 e. The Morgan fingerprint density at radius 2 is 1.96 bits per heavy atom. The van der Waals surface area contributed by atoms with Crippen LogP contribution in [0.25, 0.3) is 0 Å². The second-order valence-electron chi connectivity index (χ2n) is 6.79. The Bertz CT molecular complexity index is 781. The van der Waals surface area contributed by atoms with Gasteiger partial charge in [0, 0.05) is 19.6 Å². The number of rotatable bonds is 7. The van der Waals surface area contributed by atoms with Crippen LogP contribution >= 0.6 is 0 Å². The summed E-state index contributed by atoms with van der Waals surface area (Å²) in [6, 6.07) is 9.31. The molecule has 1 N–H and O–H groups in total. The van der Waals surface area contributed by atoms with E-state index in [-0.39, 0.29) is 24.5 Å². The van der Waals surface area contributed by atoms with Gasteiger partial charge in [-0.2, -0.15) is 0 Å². The summed E-state index contributed by atoms with van der Waals surface area (Å²) >= 11 is 0. The second kappa shape index (κ2) is 7.15.